The van der Waals surface area contributed by atoms with E-state index in [1.807, 2.05) is 6.92 Å². The molecular weight excluding hydrogens is 230 g/mol. The fourth-order valence-corrected chi connectivity index (χ4v) is 1.79. The van der Waals surface area contributed by atoms with Gasteiger partial charge in [-0.1, -0.05) is 11.3 Å². The highest BCUT2D eigenvalue weighted by atomic mass is 32.1. The largest absolute Gasteiger partial charge is 0.338 e. The van der Waals surface area contributed by atoms with Gasteiger partial charge in [0.05, 0.1) is 10.5 Å². The number of amides is 1. The van der Waals surface area contributed by atoms with E-state index >= 15 is 0 Å². The number of rotatable bonds is 4. The Bertz CT molecular complexity index is 404. The Kier molecular flexibility index (Phi) is 3.97. The molecule has 1 aromatic heterocycles. The summed E-state index contributed by atoms with van der Waals surface area (Å²) in [6, 6.07) is 1.19. The number of nitrogens with two attached hydrogens (primary N) is 1. The summed E-state index contributed by atoms with van der Waals surface area (Å²) in [5.74, 6) is -0.248. The van der Waals surface area contributed by atoms with E-state index in [4.69, 9.17) is 5.73 Å². The van der Waals surface area contributed by atoms with Gasteiger partial charge in [-0.15, -0.1) is 0 Å². The highest BCUT2D eigenvalue weighted by Crippen LogP contribution is 2.23. The molecule has 7 heteroatoms. The average molecular weight is 243 g/mol. The van der Waals surface area contributed by atoms with Crippen molar-refractivity contribution in [3.63, 3.8) is 0 Å². The molecule has 0 aliphatic rings. The second-order valence-electron chi connectivity index (χ2n) is 3.43. The molecule has 0 aliphatic carbocycles. The van der Waals surface area contributed by atoms with E-state index in [1.165, 1.54) is 16.3 Å². The normalized spacial score (nSPS) is 12.2. The zero-order valence-electron chi connectivity index (χ0n) is 9.04. The molecule has 0 aromatic carbocycles. The van der Waals surface area contributed by atoms with Crippen LogP contribution in [0, 0.1) is 10.1 Å². The number of thiophene rings is 1. The van der Waals surface area contributed by atoms with Crippen molar-refractivity contribution in [1.29, 1.82) is 0 Å². The van der Waals surface area contributed by atoms with Gasteiger partial charge in [-0.3, -0.25) is 14.9 Å². The summed E-state index contributed by atoms with van der Waals surface area (Å²) in [6.07, 6.45) is 0. The highest BCUT2D eigenvalue weighted by molar-refractivity contribution is 7.13. The van der Waals surface area contributed by atoms with Gasteiger partial charge in [-0.25, -0.2) is 0 Å². The van der Waals surface area contributed by atoms with E-state index in [1.54, 1.807) is 7.05 Å². The molecule has 0 saturated heterocycles. The van der Waals surface area contributed by atoms with Gasteiger partial charge < -0.3 is 10.6 Å². The summed E-state index contributed by atoms with van der Waals surface area (Å²) < 4.78 is 0. The van der Waals surface area contributed by atoms with Crippen molar-refractivity contribution in [1.82, 2.24) is 4.90 Å². The predicted octanol–water partition coefficient (Wildman–Crippen LogP) is 1.08. The molecular formula is C9H13N3O3S. The molecule has 1 unspecified atom stereocenters. The third kappa shape index (κ3) is 2.56. The van der Waals surface area contributed by atoms with Gasteiger partial charge in [0, 0.05) is 31.1 Å². The Hall–Kier alpha value is -1.47. The third-order valence-corrected chi connectivity index (χ3v) is 3.22. The lowest BCUT2D eigenvalue weighted by Crippen LogP contribution is -2.39. The van der Waals surface area contributed by atoms with Gasteiger partial charge in [-0.2, -0.15) is 0 Å². The van der Waals surface area contributed by atoms with E-state index in [9.17, 15) is 14.9 Å². The molecule has 0 fully saturated rings. The Morgan fingerprint density at radius 3 is 2.81 bits per heavy atom. The minimum Gasteiger partial charge on any atom is -0.338 e. The molecule has 1 amide bonds. The topological polar surface area (TPSA) is 89.5 Å². The van der Waals surface area contributed by atoms with E-state index in [2.05, 4.69) is 0 Å². The molecule has 0 aliphatic heterocycles. The van der Waals surface area contributed by atoms with E-state index in [0.29, 0.717) is 12.1 Å². The van der Waals surface area contributed by atoms with Crippen LogP contribution in [0.25, 0.3) is 0 Å². The molecule has 0 bridgehead atoms. The van der Waals surface area contributed by atoms with Crippen molar-refractivity contribution in [2.75, 3.05) is 13.6 Å². The molecule has 1 aromatic rings. The Labute approximate surface area is 96.8 Å². The van der Waals surface area contributed by atoms with Crippen molar-refractivity contribution in [3.05, 3.63) is 27.1 Å². The monoisotopic (exact) mass is 243 g/mol. The molecule has 1 heterocycles. The van der Waals surface area contributed by atoms with Crippen molar-refractivity contribution >= 4 is 22.2 Å². The maximum atomic E-state index is 11.8. The van der Waals surface area contributed by atoms with E-state index < -0.39 is 4.92 Å². The molecule has 2 N–H and O–H groups in total. The van der Waals surface area contributed by atoms with E-state index in [0.717, 1.165) is 11.3 Å². The van der Waals surface area contributed by atoms with Gasteiger partial charge in [0.15, 0.2) is 0 Å². The SMILES string of the molecule is CC(CN)N(C)C(=O)c1csc([N+](=O)[O-])c1. The molecule has 16 heavy (non-hydrogen) atoms. The number of nitrogens with zero attached hydrogens (tertiary/aromatic N) is 2. The minimum atomic E-state index is -0.506. The van der Waals surface area contributed by atoms with Crippen LogP contribution >= 0.6 is 11.3 Å². The first kappa shape index (κ1) is 12.6. The number of carbonyl (C=O) groups excluding carboxylic acids is 1. The fraction of sp³-hybridized carbons (Fsp3) is 0.444. The third-order valence-electron chi connectivity index (χ3n) is 2.34. The standard InChI is InChI=1S/C9H13N3O3S/c1-6(4-10)11(2)9(13)7-3-8(12(14)15)16-5-7/h3,5-6H,4,10H2,1-2H3. The lowest BCUT2D eigenvalue weighted by Gasteiger charge is -2.22. The van der Waals surface area contributed by atoms with Crippen LogP contribution in [-0.4, -0.2) is 35.4 Å². The van der Waals surface area contributed by atoms with Crippen molar-refractivity contribution in [3.8, 4) is 0 Å². The summed E-state index contributed by atoms with van der Waals surface area (Å²) in [5.41, 5.74) is 5.78. The summed E-state index contributed by atoms with van der Waals surface area (Å²) in [6.45, 7) is 2.17. The maximum absolute atomic E-state index is 11.8. The molecule has 0 radical (unpaired) electrons. The van der Waals surface area contributed by atoms with E-state index in [-0.39, 0.29) is 17.0 Å². The van der Waals surface area contributed by atoms with Gasteiger partial charge in [-0.05, 0) is 6.92 Å². The van der Waals surface area contributed by atoms with Crippen molar-refractivity contribution < 1.29 is 9.72 Å². The number of hydrogen-bond acceptors (Lipinski definition) is 5. The maximum Gasteiger partial charge on any atom is 0.324 e. The Morgan fingerprint density at radius 2 is 2.38 bits per heavy atom. The van der Waals surface area contributed by atoms with Crippen LogP contribution in [0.15, 0.2) is 11.4 Å². The fourth-order valence-electron chi connectivity index (χ4n) is 1.09. The second-order valence-corrected chi connectivity index (χ2v) is 4.32. The summed E-state index contributed by atoms with van der Waals surface area (Å²) in [7, 11) is 1.63. The predicted molar refractivity (Wildman–Crippen MR) is 61.6 cm³/mol. The lowest BCUT2D eigenvalue weighted by molar-refractivity contribution is -0.380. The first-order valence-corrected chi connectivity index (χ1v) is 5.55. The molecule has 0 saturated carbocycles. The molecule has 0 spiro atoms. The van der Waals surface area contributed by atoms with Crippen LogP contribution in [0.3, 0.4) is 0 Å². The Balaban J connectivity index is 2.84. The zero-order valence-corrected chi connectivity index (χ0v) is 9.86. The first-order chi connectivity index (χ1) is 7.47. The van der Waals surface area contributed by atoms with Crippen molar-refractivity contribution in [2.45, 2.75) is 13.0 Å². The number of likely N-dealkylation sites (N-methyl/N-ethyl adjacent to an activating group) is 1. The summed E-state index contributed by atoms with van der Waals surface area (Å²) in [5, 5.41) is 11.9. The quantitative estimate of drug-likeness (QED) is 0.632. The summed E-state index contributed by atoms with van der Waals surface area (Å²) in [4.78, 5) is 23.3. The van der Waals surface area contributed by atoms with Crippen LogP contribution in [0.4, 0.5) is 5.00 Å². The zero-order chi connectivity index (χ0) is 12.3. The number of carbonyl (C=O) groups is 1. The van der Waals surface area contributed by atoms with Gasteiger partial charge in [0.2, 0.25) is 0 Å². The second kappa shape index (κ2) is 5.04. The minimum absolute atomic E-state index is 0.0304. The molecule has 88 valence electrons. The molecule has 6 nitrogen and oxygen atoms in total. The first-order valence-electron chi connectivity index (χ1n) is 4.67. The molecule has 1 rings (SSSR count). The average Bonchev–Trinajstić information content (AvgIpc) is 2.75. The highest BCUT2D eigenvalue weighted by Gasteiger charge is 2.20. The number of nitro groups is 1. The number of hydrogen-bond donors (Lipinski definition) is 1. The van der Waals surface area contributed by atoms with Crippen LogP contribution < -0.4 is 5.73 Å². The van der Waals surface area contributed by atoms with Crippen LogP contribution in [0.5, 0.6) is 0 Å². The van der Waals surface area contributed by atoms with Crippen LogP contribution in [-0.2, 0) is 0 Å². The lowest BCUT2D eigenvalue weighted by atomic mass is 10.2. The smallest absolute Gasteiger partial charge is 0.324 e. The van der Waals surface area contributed by atoms with Gasteiger partial charge in [0.1, 0.15) is 0 Å². The summed E-state index contributed by atoms with van der Waals surface area (Å²) >= 11 is 0.945. The van der Waals surface area contributed by atoms with Crippen LogP contribution in [0.1, 0.15) is 17.3 Å². The van der Waals surface area contributed by atoms with Gasteiger partial charge in [0.25, 0.3) is 5.91 Å². The van der Waals surface area contributed by atoms with Crippen LogP contribution in [0.2, 0.25) is 0 Å². The van der Waals surface area contributed by atoms with Gasteiger partial charge >= 0.3 is 5.00 Å². The van der Waals surface area contributed by atoms with Crippen molar-refractivity contribution in [2.24, 2.45) is 5.73 Å². The molecule has 1 atom stereocenters. The Morgan fingerprint density at radius 1 is 1.75 bits per heavy atom.